The predicted octanol–water partition coefficient (Wildman–Crippen LogP) is 2.39. The fraction of sp³-hybridized carbons (Fsp3) is 0.688. The van der Waals surface area contributed by atoms with Crippen LogP contribution in [-0.2, 0) is 4.74 Å². The average molecular weight is 296 g/mol. The molecule has 4 atom stereocenters. The summed E-state index contributed by atoms with van der Waals surface area (Å²) in [6.07, 6.45) is 1.73. The molecule has 0 amide bonds. The van der Waals surface area contributed by atoms with E-state index in [1.165, 1.54) is 6.07 Å². The van der Waals surface area contributed by atoms with Crippen LogP contribution in [0.25, 0.3) is 0 Å². The van der Waals surface area contributed by atoms with Crippen molar-refractivity contribution in [3.05, 3.63) is 29.8 Å². The summed E-state index contributed by atoms with van der Waals surface area (Å²) in [6.45, 7) is 8.64. The van der Waals surface area contributed by atoms with Gasteiger partial charge in [0.1, 0.15) is 5.82 Å². The standard InChI is InChI=1S/C16H25FN2O2/c1-4-14-10-21-12(3)9-19(14)8-11(2)16(20)15-6-5-13(17)7-18-15/h5-7,11-12,14,16,20H,4,8-10H2,1-3H3. The maximum absolute atomic E-state index is 12.9. The number of pyridine rings is 1. The third kappa shape index (κ3) is 4.22. The summed E-state index contributed by atoms with van der Waals surface area (Å²) in [7, 11) is 0. The molecule has 1 N–H and O–H groups in total. The normalized spacial score (nSPS) is 26.5. The number of aromatic nitrogens is 1. The second kappa shape index (κ2) is 7.29. The Morgan fingerprint density at radius 2 is 2.29 bits per heavy atom. The van der Waals surface area contributed by atoms with Gasteiger partial charge in [-0.1, -0.05) is 13.8 Å². The number of hydrogen-bond acceptors (Lipinski definition) is 4. The van der Waals surface area contributed by atoms with Gasteiger partial charge in [-0.3, -0.25) is 9.88 Å². The molecule has 1 aliphatic rings. The van der Waals surface area contributed by atoms with Crippen LogP contribution in [0.5, 0.6) is 0 Å². The van der Waals surface area contributed by atoms with Crippen LogP contribution in [0.4, 0.5) is 4.39 Å². The predicted molar refractivity (Wildman–Crippen MR) is 79.4 cm³/mol. The Balaban J connectivity index is 1.98. The van der Waals surface area contributed by atoms with Crippen LogP contribution in [0.2, 0.25) is 0 Å². The molecule has 4 nitrogen and oxygen atoms in total. The first-order chi connectivity index (χ1) is 10.0. The SMILES string of the molecule is CCC1COC(C)CN1CC(C)C(O)c1ccc(F)cn1. The molecule has 118 valence electrons. The Kier molecular flexibility index (Phi) is 5.67. The molecule has 0 aromatic carbocycles. The zero-order chi connectivity index (χ0) is 15.4. The minimum atomic E-state index is -0.679. The Bertz CT molecular complexity index is 440. The van der Waals surface area contributed by atoms with Gasteiger partial charge < -0.3 is 9.84 Å². The van der Waals surface area contributed by atoms with Crippen LogP contribution in [0.15, 0.2) is 18.3 Å². The number of halogens is 1. The number of hydrogen-bond donors (Lipinski definition) is 1. The Morgan fingerprint density at radius 3 is 2.90 bits per heavy atom. The molecular weight excluding hydrogens is 271 g/mol. The van der Waals surface area contributed by atoms with Crippen molar-refractivity contribution in [2.45, 2.75) is 45.4 Å². The number of aliphatic hydroxyl groups excluding tert-OH is 1. The van der Waals surface area contributed by atoms with E-state index >= 15 is 0 Å². The van der Waals surface area contributed by atoms with E-state index in [1.807, 2.05) is 6.92 Å². The van der Waals surface area contributed by atoms with E-state index in [0.717, 1.165) is 32.3 Å². The van der Waals surface area contributed by atoms with Crippen molar-refractivity contribution < 1.29 is 14.2 Å². The lowest BCUT2D eigenvalue weighted by atomic mass is 9.99. The second-order valence-corrected chi connectivity index (χ2v) is 5.98. The monoisotopic (exact) mass is 296 g/mol. The summed E-state index contributed by atoms with van der Waals surface area (Å²) in [5.41, 5.74) is 0.526. The highest BCUT2D eigenvalue weighted by atomic mass is 19.1. The second-order valence-electron chi connectivity index (χ2n) is 5.98. The minimum absolute atomic E-state index is 0.0299. The topological polar surface area (TPSA) is 45.6 Å². The highest BCUT2D eigenvalue weighted by molar-refractivity contribution is 5.09. The number of ether oxygens (including phenoxy) is 1. The van der Waals surface area contributed by atoms with Crippen LogP contribution in [0, 0.1) is 11.7 Å². The van der Waals surface area contributed by atoms with Crippen molar-refractivity contribution in [1.29, 1.82) is 0 Å². The number of rotatable bonds is 5. The van der Waals surface area contributed by atoms with Gasteiger partial charge in [-0.05, 0) is 25.5 Å². The third-order valence-corrected chi connectivity index (χ3v) is 4.17. The summed E-state index contributed by atoms with van der Waals surface area (Å²) in [6, 6.07) is 3.29. The van der Waals surface area contributed by atoms with Crippen molar-refractivity contribution >= 4 is 0 Å². The van der Waals surface area contributed by atoms with Gasteiger partial charge in [0, 0.05) is 25.0 Å². The lowest BCUT2D eigenvalue weighted by Gasteiger charge is -2.40. The van der Waals surface area contributed by atoms with Crippen molar-refractivity contribution in [1.82, 2.24) is 9.88 Å². The molecule has 0 spiro atoms. The van der Waals surface area contributed by atoms with Crippen LogP contribution in [-0.4, -0.2) is 46.8 Å². The number of morpholine rings is 1. The molecule has 2 rings (SSSR count). The van der Waals surface area contributed by atoms with Crippen molar-refractivity contribution in [2.24, 2.45) is 5.92 Å². The van der Waals surface area contributed by atoms with Gasteiger partial charge in [0.2, 0.25) is 0 Å². The molecule has 21 heavy (non-hydrogen) atoms. The molecule has 4 unspecified atom stereocenters. The van der Waals surface area contributed by atoms with Crippen LogP contribution < -0.4 is 0 Å². The summed E-state index contributed by atoms with van der Waals surface area (Å²) in [5, 5.41) is 10.4. The zero-order valence-electron chi connectivity index (χ0n) is 13.0. The van der Waals surface area contributed by atoms with Gasteiger partial charge in [0.15, 0.2) is 0 Å². The van der Waals surface area contributed by atoms with Crippen LogP contribution >= 0.6 is 0 Å². The van der Waals surface area contributed by atoms with Gasteiger partial charge in [-0.25, -0.2) is 4.39 Å². The summed E-state index contributed by atoms with van der Waals surface area (Å²) < 4.78 is 18.6. The molecule has 0 saturated carbocycles. The van der Waals surface area contributed by atoms with Gasteiger partial charge in [-0.15, -0.1) is 0 Å². The molecular formula is C16H25FN2O2. The van der Waals surface area contributed by atoms with Crippen LogP contribution in [0.1, 0.15) is 39.0 Å². The first-order valence-corrected chi connectivity index (χ1v) is 7.66. The van der Waals surface area contributed by atoms with Crippen molar-refractivity contribution in [3.63, 3.8) is 0 Å². The van der Waals surface area contributed by atoms with Gasteiger partial charge >= 0.3 is 0 Å². The fourth-order valence-electron chi connectivity index (χ4n) is 2.84. The molecule has 2 heterocycles. The van der Waals surface area contributed by atoms with E-state index in [4.69, 9.17) is 4.74 Å². The van der Waals surface area contributed by atoms with E-state index in [9.17, 15) is 9.50 Å². The van der Waals surface area contributed by atoms with E-state index < -0.39 is 6.10 Å². The van der Waals surface area contributed by atoms with E-state index in [0.29, 0.717) is 11.7 Å². The lowest BCUT2D eigenvalue weighted by molar-refractivity contribution is -0.0665. The Hall–Kier alpha value is -1.04. The smallest absolute Gasteiger partial charge is 0.141 e. The number of nitrogens with zero attached hydrogens (tertiary/aromatic N) is 2. The molecule has 0 aliphatic carbocycles. The molecule has 1 aromatic rings. The van der Waals surface area contributed by atoms with E-state index in [2.05, 4.69) is 23.7 Å². The molecule has 0 radical (unpaired) electrons. The maximum Gasteiger partial charge on any atom is 0.141 e. The Labute approximate surface area is 125 Å². The van der Waals surface area contributed by atoms with Crippen LogP contribution in [0.3, 0.4) is 0 Å². The highest BCUT2D eigenvalue weighted by Gasteiger charge is 2.29. The van der Waals surface area contributed by atoms with E-state index in [-0.39, 0.29) is 17.8 Å². The first kappa shape index (κ1) is 16.3. The van der Waals surface area contributed by atoms with Gasteiger partial charge in [-0.2, -0.15) is 0 Å². The molecule has 1 saturated heterocycles. The lowest BCUT2D eigenvalue weighted by Crippen LogP contribution is -2.50. The first-order valence-electron chi connectivity index (χ1n) is 7.66. The zero-order valence-corrected chi connectivity index (χ0v) is 13.0. The fourth-order valence-corrected chi connectivity index (χ4v) is 2.84. The molecule has 1 aliphatic heterocycles. The largest absolute Gasteiger partial charge is 0.386 e. The molecule has 1 fully saturated rings. The summed E-state index contributed by atoms with van der Waals surface area (Å²) >= 11 is 0. The minimum Gasteiger partial charge on any atom is -0.386 e. The Morgan fingerprint density at radius 1 is 1.52 bits per heavy atom. The van der Waals surface area contributed by atoms with Crippen molar-refractivity contribution in [2.75, 3.05) is 19.7 Å². The van der Waals surface area contributed by atoms with Gasteiger partial charge in [0.25, 0.3) is 0 Å². The highest BCUT2D eigenvalue weighted by Crippen LogP contribution is 2.24. The average Bonchev–Trinajstić information content (AvgIpc) is 2.47. The summed E-state index contributed by atoms with van der Waals surface area (Å²) in [5.74, 6) is -0.353. The van der Waals surface area contributed by atoms with E-state index in [1.54, 1.807) is 6.07 Å². The molecule has 1 aromatic heterocycles. The summed E-state index contributed by atoms with van der Waals surface area (Å²) in [4.78, 5) is 6.36. The number of aliphatic hydroxyl groups is 1. The maximum atomic E-state index is 12.9. The van der Waals surface area contributed by atoms with Crippen molar-refractivity contribution in [3.8, 4) is 0 Å². The molecule has 5 heteroatoms. The molecule has 0 bridgehead atoms. The third-order valence-electron chi connectivity index (χ3n) is 4.17. The van der Waals surface area contributed by atoms with Gasteiger partial charge in [0.05, 0.1) is 30.7 Å². The quantitative estimate of drug-likeness (QED) is 0.906.